The molecule has 12 heteroatoms. The number of piperidine rings is 1. The van der Waals surface area contributed by atoms with Gasteiger partial charge in [-0.15, -0.1) is 0 Å². The van der Waals surface area contributed by atoms with E-state index in [-0.39, 0.29) is 29.4 Å². The molecule has 0 bridgehead atoms. The zero-order valence-corrected chi connectivity index (χ0v) is 24.3. The van der Waals surface area contributed by atoms with Crippen LogP contribution in [0.15, 0.2) is 42.5 Å². The minimum Gasteiger partial charge on any atom is -0.481 e. The van der Waals surface area contributed by atoms with Gasteiger partial charge < -0.3 is 33.7 Å². The van der Waals surface area contributed by atoms with Crippen LogP contribution in [0.2, 0.25) is 5.02 Å². The molecule has 0 saturated carbocycles. The van der Waals surface area contributed by atoms with E-state index in [4.69, 9.17) is 35.3 Å². The van der Waals surface area contributed by atoms with Gasteiger partial charge >= 0.3 is 12.1 Å². The molecular formula is C30H33ClFNO9. The van der Waals surface area contributed by atoms with E-state index in [0.717, 1.165) is 6.42 Å². The Hall–Kier alpha value is -3.83. The van der Waals surface area contributed by atoms with Crippen LogP contribution in [0.1, 0.15) is 51.2 Å². The van der Waals surface area contributed by atoms with Crippen molar-refractivity contribution < 1.29 is 47.6 Å². The van der Waals surface area contributed by atoms with Crippen LogP contribution in [0.3, 0.4) is 0 Å². The topological polar surface area (TPSA) is 121 Å². The van der Waals surface area contributed by atoms with E-state index in [2.05, 4.69) is 0 Å². The Balaban J connectivity index is 1.33. The Bertz CT molecular complexity index is 1350. The lowest BCUT2D eigenvalue weighted by molar-refractivity contribution is -0.156. The predicted molar refractivity (Wildman–Crippen MR) is 149 cm³/mol. The number of benzene rings is 2. The highest BCUT2D eigenvalue weighted by Gasteiger charge is 2.30. The summed E-state index contributed by atoms with van der Waals surface area (Å²) in [4.78, 5) is 38.5. The predicted octanol–water partition coefficient (Wildman–Crippen LogP) is 5.08. The third-order valence-electron chi connectivity index (χ3n) is 6.70. The third kappa shape index (κ3) is 8.13. The Labute approximate surface area is 247 Å². The van der Waals surface area contributed by atoms with E-state index in [1.54, 1.807) is 43.9 Å². The van der Waals surface area contributed by atoms with E-state index in [1.165, 1.54) is 24.3 Å². The van der Waals surface area contributed by atoms with Gasteiger partial charge in [-0.2, -0.15) is 0 Å². The molecule has 1 unspecified atom stereocenters. The summed E-state index contributed by atoms with van der Waals surface area (Å²) in [7, 11) is 0. The van der Waals surface area contributed by atoms with E-state index in [1.807, 2.05) is 0 Å². The number of carbonyl (C=O) groups excluding carboxylic acids is 3. The summed E-state index contributed by atoms with van der Waals surface area (Å²) >= 11 is 6.25. The third-order valence-corrected chi connectivity index (χ3v) is 7.01. The highest BCUT2D eigenvalue weighted by Crippen LogP contribution is 2.40. The number of aliphatic hydroxyl groups is 1. The molecule has 226 valence electrons. The molecule has 2 aromatic carbocycles. The minimum atomic E-state index is -1.26. The van der Waals surface area contributed by atoms with Crippen LogP contribution < -0.4 is 9.47 Å². The second-order valence-corrected chi connectivity index (χ2v) is 10.7. The molecule has 1 amide bonds. The summed E-state index contributed by atoms with van der Waals surface area (Å²) in [6.07, 6.45) is -0.384. The SMILES string of the molecule is CC(C)OC(=O)OCOC(=O)C[C@H]1CCCN(C(=O)[C@@H](C)Oc2ccc3c(c2)OC(O)C=C3c2ccc(F)cc2Cl)C1. The lowest BCUT2D eigenvalue weighted by Crippen LogP contribution is -2.46. The average molecular weight is 606 g/mol. The molecule has 0 aliphatic carbocycles. The number of esters is 1. The van der Waals surface area contributed by atoms with Gasteiger partial charge in [0.05, 0.1) is 17.5 Å². The Morgan fingerprint density at radius 2 is 1.88 bits per heavy atom. The van der Waals surface area contributed by atoms with Crippen LogP contribution in [0.4, 0.5) is 9.18 Å². The normalized spacial score (nSPS) is 18.7. The second kappa shape index (κ2) is 13.9. The fourth-order valence-electron chi connectivity index (χ4n) is 4.84. The molecule has 1 N–H and O–H groups in total. The summed E-state index contributed by atoms with van der Waals surface area (Å²) in [6, 6.07) is 8.96. The van der Waals surface area contributed by atoms with Crippen molar-refractivity contribution in [1.82, 2.24) is 4.90 Å². The fourth-order valence-corrected chi connectivity index (χ4v) is 5.11. The van der Waals surface area contributed by atoms with Crippen molar-refractivity contribution in [1.29, 1.82) is 0 Å². The molecular weight excluding hydrogens is 573 g/mol. The summed E-state index contributed by atoms with van der Waals surface area (Å²) in [6.45, 7) is 5.30. The molecule has 1 fully saturated rings. The first-order valence-corrected chi connectivity index (χ1v) is 14.0. The highest BCUT2D eigenvalue weighted by atomic mass is 35.5. The average Bonchev–Trinajstić information content (AvgIpc) is 2.91. The number of rotatable bonds is 9. The molecule has 0 spiro atoms. The number of likely N-dealkylation sites (tertiary alicyclic amines) is 1. The summed E-state index contributed by atoms with van der Waals surface area (Å²) in [5, 5.41) is 10.5. The molecule has 0 aromatic heterocycles. The van der Waals surface area contributed by atoms with Crippen LogP contribution in [0.25, 0.3) is 5.57 Å². The zero-order chi connectivity index (χ0) is 30.4. The van der Waals surface area contributed by atoms with Crippen LogP contribution in [-0.4, -0.2) is 66.4 Å². The molecule has 4 rings (SSSR count). The quantitative estimate of drug-likeness (QED) is 0.308. The first-order valence-electron chi connectivity index (χ1n) is 13.6. The van der Waals surface area contributed by atoms with E-state index in [9.17, 15) is 23.9 Å². The van der Waals surface area contributed by atoms with E-state index >= 15 is 0 Å². The number of fused-ring (bicyclic) bond motifs is 1. The lowest BCUT2D eigenvalue weighted by atomic mass is 9.94. The number of hydrogen-bond acceptors (Lipinski definition) is 9. The Morgan fingerprint density at radius 1 is 1.12 bits per heavy atom. The first kappa shape index (κ1) is 31.1. The molecule has 2 heterocycles. The molecule has 2 aromatic rings. The van der Waals surface area contributed by atoms with Gasteiger partial charge in [0.1, 0.15) is 17.3 Å². The standard InChI is InChI=1S/C30H33ClFNO9/c1-17(2)40-30(37)39-16-38-27(34)11-19-5-4-10-33(15-19)29(36)18(3)41-21-7-9-23-24(14-28(35)42-26(23)13-21)22-8-6-20(32)12-25(22)31/h6-9,12-14,17-19,28,35H,4-5,10-11,15-16H2,1-3H3/t18-,19-,28?/m1/s1. The van der Waals surface area contributed by atoms with Gasteiger partial charge in [0.25, 0.3) is 5.91 Å². The molecule has 3 atom stereocenters. The summed E-state index contributed by atoms with van der Waals surface area (Å²) < 4.78 is 39.6. The molecule has 0 radical (unpaired) electrons. The maximum Gasteiger partial charge on any atom is 0.511 e. The molecule has 2 aliphatic rings. The van der Waals surface area contributed by atoms with Crippen molar-refractivity contribution >= 4 is 35.2 Å². The van der Waals surface area contributed by atoms with Gasteiger partial charge in [-0.3, -0.25) is 9.59 Å². The van der Waals surface area contributed by atoms with Crippen LogP contribution in [0.5, 0.6) is 11.5 Å². The van der Waals surface area contributed by atoms with Crippen molar-refractivity contribution in [3.05, 3.63) is 64.4 Å². The summed E-state index contributed by atoms with van der Waals surface area (Å²) in [5.74, 6) is -0.716. The van der Waals surface area contributed by atoms with Gasteiger partial charge in [-0.05, 0) is 81.5 Å². The van der Waals surface area contributed by atoms with Gasteiger partial charge in [0.15, 0.2) is 6.10 Å². The first-order chi connectivity index (χ1) is 20.0. The number of carbonyl (C=O) groups is 3. The maximum atomic E-state index is 13.6. The molecule has 42 heavy (non-hydrogen) atoms. The van der Waals surface area contributed by atoms with Crippen molar-refractivity contribution in [2.24, 2.45) is 5.92 Å². The van der Waals surface area contributed by atoms with Gasteiger partial charge in [0.2, 0.25) is 13.1 Å². The number of amides is 1. The van der Waals surface area contributed by atoms with Crippen LogP contribution in [0, 0.1) is 11.7 Å². The van der Waals surface area contributed by atoms with Crippen molar-refractivity contribution in [3.63, 3.8) is 0 Å². The van der Waals surface area contributed by atoms with Crippen LogP contribution >= 0.6 is 11.6 Å². The highest BCUT2D eigenvalue weighted by molar-refractivity contribution is 6.32. The van der Waals surface area contributed by atoms with Gasteiger partial charge in [0, 0.05) is 30.3 Å². The number of nitrogens with zero attached hydrogens (tertiary/aromatic N) is 1. The zero-order valence-electron chi connectivity index (χ0n) is 23.5. The Kier molecular flexibility index (Phi) is 10.3. The summed E-state index contributed by atoms with van der Waals surface area (Å²) in [5.41, 5.74) is 1.72. The van der Waals surface area contributed by atoms with Gasteiger partial charge in [-0.25, -0.2) is 9.18 Å². The number of halogens is 2. The van der Waals surface area contributed by atoms with E-state index in [0.29, 0.717) is 47.7 Å². The molecule has 2 aliphatic heterocycles. The monoisotopic (exact) mass is 605 g/mol. The largest absolute Gasteiger partial charge is 0.511 e. The van der Waals surface area contributed by atoms with Gasteiger partial charge in [-0.1, -0.05) is 11.6 Å². The fraction of sp³-hybridized carbons (Fsp3) is 0.433. The van der Waals surface area contributed by atoms with E-state index < -0.39 is 37.1 Å². The number of aliphatic hydroxyl groups excluding tert-OH is 1. The number of ether oxygens (including phenoxy) is 5. The molecule has 1 saturated heterocycles. The lowest BCUT2D eigenvalue weighted by Gasteiger charge is -2.34. The Morgan fingerprint density at radius 3 is 2.62 bits per heavy atom. The van der Waals surface area contributed by atoms with Crippen LogP contribution in [-0.2, 0) is 23.8 Å². The van der Waals surface area contributed by atoms with Crippen molar-refractivity contribution in [3.8, 4) is 11.5 Å². The van der Waals surface area contributed by atoms with Crippen molar-refractivity contribution in [2.45, 2.75) is 58.5 Å². The smallest absolute Gasteiger partial charge is 0.481 e. The minimum absolute atomic E-state index is 0.0695. The second-order valence-electron chi connectivity index (χ2n) is 10.3. The number of hydrogen-bond donors (Lipinski definition) is 1. The maximum absolute atomic E-state index is 13.6. The molecule has 10 nitrogen and oxygen atoms in total. The van der Waals surface area contributed by atoms with Crippen molar-refractivity contribution in [2.75, 3.05) is 19.9 Å².